The quantitative estimate of drug-likeness (QED) is 0.224. The van der Waals surface area contributed by atoms with E-state index in [2.05, 4.69) is 5.32 Å². The van der Waals surface area contributed by atoms with Crippen LogP contribution in [0.1, 0.15) is 42.1 Å². The lowest BCUT2D eigenvalue weighted by molar-refractivity contribution is -0.139. The molecule has 1 aliphatic rings. The summed E-state index contributed by atoms with van der Waals surface area (Å²) in [6.07, 6.45) is 0.719. The van der Waals surface area contributed by atoms with Gasteiger partial charge in [-0.15, -0.1) is 0 Å². The van der Waals surface area contributed by atoms with E-state index in [0.717, 1.165) is 0 Å². The van der Waals surface area contributed by atoms with Gasteiger partial charge in [-0.2, -0.15) is 0 Å². The third-order valence-electron chi connectivity index (χ3n) is 6.40. The van der Waals surface area contributed by atoms with Gasteiger partial charge in [0.2, 0.25) is 11.8 Å². The third-order valence-corrected chi connectivity index (χ3v) is 7.78. The van der Waals surface area contributed by atoms with E-state index in [1.807, 2.05) is 29.5 Å². The molecule has 0 saturated heterocycles. The fraction of sp³-hybridized carbons (Fsp3) is 0.393. The van der Waals surface area contributed by atoms with Gasteiger partial charge in [0.15, 0.2) is 11.5 Å². The van der Waals surface area contributed by atoms with E-state index in [4.69, 9.17) is 32.7 Å². The number of aliphatic hydroxyl groups is 2. The van der Waals surface area contributed by atoms with Crippen LogP contribution in [0.4, 0.5) is 0 Å². The normalized spacial score (nSPS) is 18.5. The third kappa shape index (κ3) is 7.88. The van der Waals surface area contributed by atoms with Gasteiger partial charge in [0, 0.05) is 47.1 Å². The number of nitrogens with one attached hydrogen (secondary N) is 1. The Kier molecular flexibility index (Phi) is 12.1. The number of halogens is 3. The molecule has 0 radical (unpaired) electrons. The van der Waals surface area contributed by atoms with Gasteiger partial charge in [-0.05, 0) is 64.9 Å². The molecule has 2 aromatic carbocycles. The lowest BCUT2D eigenvalue weighted by Crippen LogP contribution is -2.54. The fourth-order valence-electron chi connectivity index (χ4n) is 4.42. The Balaban J connectivity index is 2.06. The molecule has 1 aliphatic carbocycles. The first-order valence-corrected chi connectivity index (χ1v) is 14.5. The molecule has 0 aromatic heterocycles. The first-order valence-electron chi connectivity index (χ1n) is 12.6. The molecule has 12 heteroatoms. The number of aldehydes is 1. The van der Waals surface area contributed by atoms with E-state index in [-0.39, 0.29) is 55.5 Å². The number of nitrogens with zero attached hydrogens (tertiary/aromatic N) is 1. The monoisotopic (exact) mass is 704 g/mol. The van der Waals surface area contributed by atoms with Crippen LogP contribution in [0.15, 0.2) is 42.0 Å². The van der Waals surface area contributed by atoms with Crippen LogP contribution in [0.2, 0.25) is 10.0 Å². The molecular weight excluding hydrogens is 674 g/mol. The molecule has 0 saturated carbocycles. The van der Waals surface area contributed by atoms with E-state index in [1.54, 1.807) is 24.3 Å². The highest BCUT2D eigenvalue weighted by molar-refractivity contribution is 14.1. The number of carbonyl (C=O) groups is 3. The first-order chi connectivity index (χ1) is 19.1. The number of benzene rings is 2. The molecule has 216 valence electrons. The molecule has 2 aromatic rings. The van der Waals surface area contributed by atoms with Gasteiger partial charge in [-0.25, -0.2) is 0 Å². The molecular formula is C28H31Cl2IN2O7. The summed E-state index contributed by atoms with van der Waals surface area (Å²) in [6.45, 7) is 1.73. The van der Waals surface area contributed by atoms with Crippen LogP contribution < -0.4 is 14.8 Å². The summed E-state index contributed by atoms with van der Waals surface area (Å²) in [5, 5.41) is 24.3. The van der Waals surface area contributed by atoms with Crippen LogP contribution in [0.5, 0.6) is 11.5 Å². The van der Waals surface area contributed by atoms with Gasteiger partial charge in [0.05, 0.1) is 23.3 Å². The van der Waals surface area contributed by atoms with Crippen molar-refractivity contribution in [3.8, 4) is 11.5 Å². The smallest absolute Gasteiger partial charge is 0.247 e. The summed E-state index contributed by atoms with van der Waals surface area (Å²) in [6, 6.07) is 7.22. The lowest BCUT2D eigenvalue weighted by Gasteiger charge is -2.41. The van der Waals surface area contributed by atoms with Crippen molar-refractivity contribution in [1.29, 1.82) is 0 Å². The number of aliphatic hydroxyl groups excluding tert-OH is 2. The number of carbonyl (C=O) groups excluding carboxylic acids is 3. The fourth-order valence-corrected chi connectivity index (χ4v) is 5.64. The number of rotatable bonds is 12. The van der Waals surface area contributed by atoms with Crippen LogP contribution in [-0.4, -0.2) is 71.7 Å². The number of methoxy groups -OCH3 is 1. The van der Waals surface area contributed by atoms with Crippen molar-refractivity contribution in [2.75, 3.05) is 20.3 Å². The van der Waals surface area contributed by atoms with Crippen molar-refractivity contribution < 1.29 is 34.1 Å². The molecule has 0 heterocycles. The Morgan fingerprint density at radius 3 is 2.62 bits per heavy atom. The maximum Gasteiger partial charge on any atom is 0.247 e. The molecule has 3 atom stereocenters. The van der Waals surface area contributed by atoms with Crippen LogP contribution >= 0.6 is 45.8 Å². The topological polar surface area (TPSA) is 125 Å². The maximum atomic E-state index is 13.4. The number of amides is 2. The largest absolute Gasteiger partial charge is 0.493 e. The maximum absolute atomic E-state index is 13.4. The second-order valence-corrected chi connectivity index (χ2v) is 11.2. The minimum Gasteiger partial charge on any atom is -0.493 e. The number of hydrogen-bond acceptors (Lipinski definition) is 7. The zero-order valence-corrected chi connectivity index (χ0v) is 25.7. The van der Waals surface area contributed by atoms with Crippen molar-refractivity contribution in [3.63, 3.8) is 0 Å². The average molecular weight is 705 g/mol. The van der Waals surface area contributed by atoms with E-state index in [9.17, 15) is 24.6 Å². The molecule has 9 nitrogen and oxygen atoms in total. The SMILES string of the molecule is CCCC(=O)N(Cc1ccc(Cl)cc1Cl)[C@@H]1CC(C(=O)NCCO)=C[C@H](Oc2c(I)cc(C=O)cc2OC)[C@H]1O. The summed E-state index contributed by atoms with van der Waals surface area (Å²) < 4.78 is 12.2. The van der Waals surface area contributed by atoms with Crippen LogP contribution in [0.25, 0.3) is 0 Å². The minimum atomic E-state index is -1.24. The number of ether oxygens (including phenoxy) is 2. The second kappa shape index (κ2) is 15.0. The summed E-state index contributed by atoms with van der Waals surface area (Å²) in [7, 11) is 1.43. The molecule has 3 N–H and O–H groups in total. The van der Waals surface area contributed by atoms with Gasteiger partial charge in [-0.3, -0.25) is 14.4 Å². The zero-order chi connectivity index (χ0) is 29.4. The Hall–Kier alpha value is -2.38. The Bertz CT molecular complexity index is 1270. The molecule has 2 amide bonds. The Morgan fingerprint density at radius 1 is 1.25 bits per heavy atom. The van der Waals surface area contributed by atoms with Crippen LogP contribution in [0.3, 0.4) is 0 Å². The van der Waals surface area contributed by atoms with E-state index in [0.29, 0.717) is 37.4 Å². The summed E-state index contributed by atoms with van der Waals surface area (Å²) in [4.78, 5) is 39.3. The minimum absolute atomic E-state index is 0.0344. The van der Waals surface area contributed by atoms with E-state index >= 15 is 0 Å². The van der Waals surface area contributed by atoms with E-state index < -0.39 is 24.2 Å². The molecule has 0 spiro atoms. The predicted octanol–water partition coefficient (Wildman–Crippen LogP) is 4.16. The molecule has 0 bridgehead atoms. The Labute approximate surface area is 256 Å². The van der Waals surface area contributed by atoms with Gasteiger partial charge in [-0.1, -0.05) is 36.2 Å². The molecule has 3 rings (SSSR count). The van der Waals surface area contributed by atoms with Crippen molar-refractivity contribution in [2.45, 2.75) is 51.0 Å². The lowest BCUT2D eigenvalue weighted by atomic mass is 9.87. The summed E-state index contributed by atoms with van der Waals surface area (Å²) >= 11 is 14.5. The van der Waals surface area contributed by atoms with E-state index in [1.165, 1.54) is 24.2 Å². The second-order valence-electron chi connectivity index (χ2n) is 9.18. The van der Waals surface area contributed by atoms with Gasteiger partial charge < -0.3 is 29.9 Å². The van der Waals surface area contributed by atoms with Crippen molar-refractivity contribution in [3.05, 3.63) is 66.7 Å². The molecule has 0 unspecified atom stereocenters. The number of hydrogen-bond donors (Lipinski definition) is 3. The Morgan fingerprint density at radius 2 is 2.00 bits per heavy atom. The van der Waals surface area contributed by atoms with Crippen molar-refractivity contribution in [2.24, 2.45) is 0 Å². The van der Waals surface area contributed by atoms with Gasteiger partial charge >= 0.3 is 0 Å². The van der Waals surface area contributed by atoms with Crippen molar-refractivity contribution >= 4 is 63.9 Å². The predicted molar refractivity (Wildman–Crippen MR) is 160 cm³/mol. The molecule has 0 aliphatic heterocycles. The highest BCUT2D eigenvalue weighted by Crippen LogP contribution is 2.37. The molecule has 40 heavy (non-hydrogen) atoms. The summed E-state index contributed by atoms with van der Waals surface area (Å²) in [5.41, 5.74) is 1.29. The first kappa shape index (κ1) is 32.1. The molecule has 0 fully saturated rings. The zero-order valence-electron chi connectivity index (χ0n) is 22.0. The van der Waals surface area contributed by atoms with Gasteiger partial charge in [0.25, 0.3) is 0 Å². The van der Waals surface area contributed by atoms with Gasteiger partial charge in [0.1, 0.15) is 18.5 Å². The van der Waals surface area contributed by atoms with Crippen LogP contribution in [-0.2, 0) is 16.1 Å². The highest BCUT2D eigenvalue weighted by Gasteiger charge is 2.41. The van der Waals surface area contributed by atoms with Crippen molar-refractivity contribution in [1.82, 2.24) is 10.2 Å². The highest BCUT2D eigenvalue weighted by atomic mass is 127. The average Bonchev–Trinajstić information content (AvgIpc) is 2.93. The van der Waals surface area contributed by atoms with Crippen LogP contribution in [0, 0.1) is 3.57 Å². The summed E-state index contributed by atoms with van der Waals surface area (Å²) in [5.74, 6) is -0.132. The standard InChI is InChI=1S/C28H31Cl2IN2O7/c1-3-4-25(36)33(14-17-5-6-19(29)13-20(17)30)22-11-18(28(38)32-7-8-34)12-23(26(22)37)40-27-21(31)9-16(15-35)10-24(27)39-2/h5-6,9-10,12-13,15,22-23,26,34,37H,3-4,7-8,11,14H2,1-2H3,(H,32,38)/t22-,23+,26+/m1/s1.